The molecule has 2 aromatic rings. The van der Waals surface area contributed by atoms with Gasteiger partial charge in [-0.3, -0.25) is 4.98 Å². The van der Waals surface area contributed by atoms with Crippen LogP contribution in [-0.2, 0) is 0 Å². The van der Waals surface area contributed by atoms with Crippen LogP contribution in [0.4, 0.5) is 5.69 Å². The fourth-order valence-corrected chi connectivity index (χ4v) is 2.84. The molecule has 1 fully saturated rings. The summed E-state index contributed by atoms with van der Waals surface area (Å²) < 4.78 is 0. The molecular formula is C16H19N3O2. The highest BCUT2D eigenvalue weighted by molar-refractivity contribution is 6.05. The predicted octanol–water partition coefficient (Wildman–Crippen LogP) is 1.99. The van der Waals surface area contributed by atoms with Gasteiger partial charge in [0, 0.05) is 42.9 Å². The zero-order valence-electron chi connectivity index (χ0n) is 12.3. The number of benzene rings is 1. The molecule has 1 aliphatic heterocycles. The number of nitrogens with zero attached hydrogens (tertiary/aromatic N) is 3. The summed E-state index contributed by atoms with van der Waals surface area (Å²) in [6.07, 6.45) is 0. The number of aromatic nitrogens is 1. The van der Waals surface area contributed by atoms with Gasteiger partial charge in [-0.1, -0.05) is 12.1 Å². The molecule has 21 heavy (non-hydrogen) atoms. The Balaban J connectivity index is 2.14. The Hall–Kier alpha value is -2.14. The van der Waals surface area contributed by atoms with E-state index in [4.69, 9.17) is 0 Å². The van der Waals surface area contributed by atoms with E-state index in [1.165, 1.54) is 0 Å². The Morgan fingerprint density at radius 2 is 1.95 bits per heavy atom. The molecule has 1 aromatic carbocycles. The molecule has 0 radical (unpaired) electrons. The zero-order valence-corrected chi connectivity index (χ0v) is 12.3. The van der Waals surface area contributed by atoms with Crippen molar-refractivity contribution < 1.29 is 9.90 Å². The number of pyridine rings is 1. The van der Waals surface area contributed by atoms with Crippen LogP contribution in [0.25, 0.3) is 10.9 Å². The summed E-state index contributed by atoms with van der Waals surface area (Å²) in [5, 5.41) is 10.3. The molecule has 0 aliphatic carbocycles. The molecule has 0 atom stereocenters. The third-order valence-corrected chi connectivity index (χ3v) is 4.02. The number of aromatic carboxylic acids is 1. The number of piperazine rings is 1. The van der Waals surface area contributed by atoms with Crippen LogP contribution in [0.2, 0.25) is 0 Å². The first-order valence-corrected chi connectivity index (χ1v) is 7.13. The molecule has 110 valence electrons. The van der Waals surface area contributed by atoms with Gasteiger partial charge in [0.2, 0.25) is 0 Å². The quantitative estimate of drug-likeness (QED) is 0.914. The van der Waals surface area contributed by atoms with Crippen molar-refractivity contribution in [2.45, 2.75) is 6.92 Å². The molecule has 5 heteroatoms. The number of rotatable bonds is 2. The summed E-state index contributed by atoms with van der Waals surface area (Å²) in [5.74, 6) is -0.928. The lowest BCUT2D eigenvalue weighted by molar-refractivity contribution is 0.0699. The first-order chi connectivity index (χ1) is 10.1. The molecule has 2 heterocycles. The molecule has 1 aromatic heterocycles. The molecular weight excluding hydrogens is 266 g/mol. The molecule has 0 bridgehead atoms. The summed E-state index contributed by atoms with van der Waals surface area (Å²) in [6, 6.07) is 7.42. The summed E-state index contributed by atoms with van der Waals surface area (Å²) in [7, 11) is 2.12. The number of carboxylic acids is 1. The number of carboxylic acid groups (broad SMARTS) is 1. The van der Waals surface area contributed by atoms with Crippen LogP contribution in [0.5, 0.6) is 0 Å². The molecule has 1 aliphatic rings. The number of fused-ring (bicyclic) bond motifs is 1. The van der Waals surface area contributed by atoms with E-state index in [0.717, 1.165) is 42.9 Å². The van der Waals surface area contributed by atoms with Crippen molar-refractivity contribution in [3.05, 3.63) is 35.5 Å². The van der Waals surface area contributed by atoms with E-state index >= 15 is 0 Å². The molecule has 0 spiro atoms. The Kier molecular flexibility index (Phi) is 3.51. The third-order valence-electron chi connectivity index (χ3n) is 4.02. The maximum atomic E-state index is 11.4. The van der Waals surface area contributed by atoms with Crippen LogP contribution >= 0.6 is 0 Å². The molecule has 1 N–H and O–H groups in total. The van der Waals surface area contributed by atoms with Gasteiger partial charge in [0.1, 0.15) is 0 Å². The predicted molar refractivity (Wildman–Crippen MR) is 83.1 cm³/mol. The topological polar surface area (TPSA) is 56.7 Å². The van der Waals surface area contributed by atoms with Gasteiger partial charge in [-0.15, -0.1) is 0 Å². The van der Waals surface area contributed by atoms with E-state index in [0.29, 0.717) is 5.52 Å². The van der Waals surface area contributed by atoms with E-state index in [2.05, 4.69) is 27.9 Å². The van der Waals surface area contributed by atoms with Crippen molar-refractivity contribution in [1.82, 2.24) is 9.88 Å². The van der Waals surface area contributed by atoms with Crippen LogP contribution in [0.15, 0.2) is 24.3 Å². The second-order valence-corrected chi connectivity index (χ2v) is 5.58. The van der Waals surface area contributed by atoms with Crippen LogP contribution in [0.3, 0.4) is 0 Å². The van der Waals surface area contributed by atoms with E-state index < -0.39 is 5.97 Å². The Morgan fingerprint density at radius 1 is 1.24 bits per heavy atom. The molecule has 1 saturated heterocycles. The van der Waals surface area contributed by atoms with Gasteiger partial charge in [-0.25, -0.2) is 4.79 Å². The first-order valence-electron chi connectivity index (χ1n) is 7.13. The largest absolute Gasteiger partial charge is 0.478 e. The summed E-state index contributed by atoms with van der Waals surface area (Å²) in [4.78, 5) is 20.5. The van der Waals surface area contributed by atoms with Crippen LogP contribution < -0.4 is 4.90 Å². The summed E-state index contributed by atoms with van der Waals surface area (Å²) >= 11 is 0. The van der Waals surface area contributed by atoms with Gasteiger partial charge in [0.15, 0.2) is 0 Å². The molecule has 0 amide bonds. The first kappa shape index (κ1) is 13.8. The van der Waals surface area contributed by atoms with Crippen molar-refractivity contribution in [2.75, 3.05) is 38.1 Å². The number of para-hydroxylation sites is 1. The summed E-state index contributed by atoms with van der Waals surface area (Å²) in [6.45, 7) is 5.85. The van der Waals surface area contributed by atoms with Crippen molar-refractivity contribution in [3.8, 4) is 0 Å². The van der Waals surface area contributed by atoms with Crippen molar-refractivity contribution in [2.24, 2.45) is 0 Å². The smallest absolute Gasteiger partial charge is 0.337 e. The third kappa shape index (κ3) is 2.56. The highest BCUT2D eigenvalue weighted by Gasteiger charge is 2.19. The Labute approximate surface area is 123 Å². The fourth-order valence-electron chi connectivity index (χ4n) is 2.84. The van der Waals surface area contributed by atoms with Crippen LogP contribution in [0.1, 0.15) is 16.1 Å². The molecule has 0 unspecified atom stereocenters. The lowest BCUT2D eigenvalue weighted by Crippen LogP contribution is -2.44. The second kappa shape index (κ2) is 5.33. The van der Waals surface area contributed by atoms with Gasteiger partial charge >= 0.3 is 5.97 Å². The highest BCUT2D eigenvalue weighted by Crippen LogP contribution is 2.29. The van der Waals surface area contributed by atoms with E-state index in [1.807, 2.05) is 13.0 Å². The summed E-state index contributed by atoms with van der Waals surface area (Å²) in [5.41, 5.74) is 2.80. The highest BCUT2D eigenvalue weighted by atomic mass is 16.4. The normalized spacial score (nSPS) is 16.4. The Morgan fingerprint density at radius 3 is 2.62 bits per heavy atom. The standard InChI is InChI=1S/C16H19N3O2/c1-11-10-14(19-8-6-18(2)7-9-19)12-4-3-5-13(16(20)21)15(12)17-11/h3-5,10H,6-9H2,1-2H3,(H,20,21). The van der Waals surface area contributed by atoms with Gasteiger partial charge in [-0.05, 0) is 26.1 Å². The zero-order chi connectivity index (χ0) is 15.0. The van der Waals surface area contributed by atoms with Gasteiger partial charge in [0.25, 0.3) is 0 Å². The number of anilines is 1. The minimum absolute atomic E-state index is 0.270. The molecule has 3 rings (SSSR count). The lowest BCUT2D eigenvalue weighted by Gasteiger charge is -2.34. The van der Waals surface area contributed by atoms with Crippen molar-refractivity contribution in [1.29, 1.82) is 0 Å². The van der Waals surface area contributed by atoms with E-state index in [9.17, 15) is 9.90 Å². The number of hydrogen-bond donors (Lipinski definition) is 1. The maximum Gasteiger partial charge on any atom is 0.337 e. The maximum absolute atomic E-state index is 11.4. The number of likely N-dealkylation sites (N-methyl/N-ethyl adjacent to an activating group) is 1. The number of aryl methyl sites for hydroxylation is 1. The Bertz CT molecular complexity index is 691. The van der Waals surface area contributed by atoms with E-state index in [-0.39, 0.29) is 5.56 Å². The molecule has 5 nitrogen and oxygen atoms in total. The van der Waals surface area contributed by atoms with Gasteiger partial charge in [-0.2, -0.15) is 0 Å². The number of carbonyl (C=O) groups is 1. The average molecular weight is 285 g/mol. The van der Waals surface area contributed by atoms with Gasteiger partial charge < -0.3 is 14.9 Å². The SMILES string of the molecule is Cc1cc(N2CCN(C)CC2)c2cccc(C(=O)O)c2n1. The van der Waals surface area contributed by atoms with E-state index in [1.54, 1.807) is 12.1 Å². The fraction of sp³-hybridized carbons (Fsp3) is 0.375. The average Bonchev–Trinajstić information content (AvgIpc) is 2.46. The van der Waals surface area contributed by atoms with Gasteiger partial charge in [0.05, 0.1) is 11.1 Å². The monoisotopic (exact) mass is 285 g/mol. The minimum Gasteiger partial charge on any atom is -0.478 e. The second-order valence-electron chi connectivity index (χ2n) is 5.58. The van der Waals surface area contributed by atoms with Crippen molar-refractivity contribution >= 4 is 22.6 Å². The van der Waals surface area contributed by atoms with Crippen LogP contribution in [-0.4, -0.2) is 54.2 Å². The van der Waals surface area contributed by atoms with Crippen molar-refractivity contribution in [3.63, 3.8) is 0 Å². The van der Waals surface area contributed by atoms with Crippen LogP contribution in [0, 0.1) is 6.92 Å². The lowest BCUT2D eigenvalue weighted by atomic mass is 10.1. The minimum atomic E-state index is -0.928. The number of hydrogen-bond acceptors (Lipinski definition) is 4. The molecule has 0 saturated carbocycles.